The van der Waals surface area contributed by atoms with Gasteiger partial charge in [-0.1, -0.05) is 133 Å². The number of anilines is 6. The Hall–Kier alpha value is -6.84. The van der Waals surface area contributed by atoms with Gasteiger partial charge in [0.15, 0.2) is 0 Å². The van der Waals surface area contributed by atoms with E-state index in [4.69, 9.17) is 0 Å². The zero-order valence-electron chi connectivity index (χ0n) is 28.2. The molecular weight excluding hydrogens is 631 g/mol. The van der Waals surface area contributed by atoms with E-state index in [0.717, 1.165) is 11.4 Å². The topological polar surface area (TPSA) is 10.9 Å². The van der Waals surface area contributed by atoms with Gasteiger partial charge in [-0.25, -0.2) is 0 Å². The predicted molar refractivity (Wildman–Crippen MR) is 216 cm³/mol. The van der Waals surface area contributed by atoms with Crippen LogP contribution in [0.4, 0.5) is 34.1 Å². The molecule has 1 spiro atoms. The molecule has 0 saturated carbocycles. The molecule has 2 aliphatic heterocycles. The molecule has 2 aliphatic rings. The van der Waals surface area contributed by atoms with Crippen LogP contribution in [-0.2, 0) is 5.41 Å². The third kappa shape index (κ3) is 3.36. The van der Waals surface area contributed by atoms with Crippen LogP contribution in [-0.4, -0.2) is 4.40 Å². The molecule has 0 N–H and O–H groups in total. The van der Waals surface area contributed by atoms with Gasteiger partial charge in [0, 0.05) is 32.9 Å². The smallest absolute Gasteiger partial charge is 0.0782 e. The number of para-hydroxylation sites is 7. The second-order valence-electron chi connectivity index (χ2n) is 14.1. The maximum atomic E-state index is 2.50. The second-order valence-corrected chi connectivity index (χ2v) is 14.1. The first-order chi connectivity index (χ1) is 25.8. The van der Waals surface area contributed by atoms with E-state index < -0.39 is 5.41 Å². The number of benzene rings is 8. The number of nitrogens with zero attached hydrogens (tertiary/aromatic N) is 3. The Morgan fingerprint density at radius 3 is 1.33 bits per heavy atom. The van der Waals surface area contributed by atoms with Gasteiger partial charge in [0.25, 0.3) is 0 Å². The van der Waals surface area contributed by atoms with Gasteiger partial charge in [-0.15, -0.1) is 0 Å². The maximum absolute atomic E-state index is 2.50. The summed E-state index contributed by atoms with van der Waals surface area (Å²) < 4.78 is 2.48. The first-order valence-corrected chi connectivity index (χ1v) is 18.0. The highest BCUT2D eigenvalue weighted by Crippen LogP contribution is 2.64. The van der Waals surface area contributed by atoms with Crippen LogP contribution in [0.15, 0.2) is 188 Å². The molecule has 8 aromatic carbocycles. The van der Waals surface area contributed by atoms with Gasteiger partial charge in [-0.3, -0.25) is 0 Å². The molecule has 0 aliphatic carbocycles. The Balaban J connectivity index is 1.17. The van der Waals surface area contributed by atoms with E-state index >= 15 is 0 Å². The van der Waals surface area contributed by atoms with Gasteiger partial charge in [0.2, 0.25) is 0 Å². The van der Waals surface area contributed by atoms with Crippen LogP contribution < -0.4 is 9.80 Å². The minimum absolute atomic E-state index is 0.544. The van der Waals surface area contributed by atoms with Crippen molar-refractivity contribution in [1.29, 1.82) is 0 Å². The predicted octanol–water partition coefficient (Wildman–Crippen LogP) is 12.8. The second kappa shape index (κ2) is 10.1. The van der Waals surface area contributed by atoms with Crippen LogP contribution in [0.2, 0.25) is 0 Å². The molecule has 0 unspecified atom stereocenters. The summed E-state index contributed by atoms with van der Waals surface area (Å²) in [6, 6.07) is 69.6. The van der Waals surface area contributed by atoms with E-state index in [1.54, 1.807) is 0 Å². The number of hydrogen-bond acceptors (Lipinski definition) is 2. The molecule has 0 radical (unpaired) electrons. The third-order valence-electron chi connectivity index (χ3n) is 11.7. The van der Waals surface area contributed by atoms with Gasteiger partial charge in [-0.2, -0.15) is 0 Å². The fraction of sp³-hybridized carbons (Fsp3) is 0.0204. The van der Waals surface area contributed by atoms with Crippen molar-refractivity contribution in [3.05, 3.63) is 210 Å². The summed E-state index contributed by atoms with van der Waals surface area (Å²) in [5.74, 6) is 0. The van der Waals surface area contributed by atoms with Crippen LogP contribution >= 0.6 is 0 Å². The molecule has 2 aromatic heterocycles. The molecule has 0 amide bonds. The van der Waals surface area contributed by atoms with Crippen LogP contribution in [0.3, 0.4) is 0 Å². The largest absolute Gasteiger partial charge is 0.310 e. The van der Waals surface area contributed by atoms with Crippen molar-refractivity contribution >= 4 is 72.2 Å². The van der Waals surface area contributed by atoms with Crippen LogP contribution in [0, 0.1) is 0 Å². The van der Waals surface area contributed by atoms with Gasteiger partial charge in [-0.05, 0) is 76.9 Å². The van der Waals surface area contributed by atoms with Crippen molar-refractivity contribution < 1.29 is 0 Å². The molecule has 3 nitrogen and oxygen atoms in total. The summed E-state index contributed by atoms with van der Waals surface area (Å²) in [5.41, 5.74) is 15.4. The van der Waals surface area contributed by atoms with E-state index in [-0.39, 0.29) is 0 Å². The highest BCUT2D eigenvalue weighted by Gasteiger charge is 2.51. The Bertz CT molecular complexity index is 2950. The lowest BCUT2D eigenvalue weighted by molar-refractivity contribution is 0.719. The molecule has 4 heterocycles. The summed E-state index contributed by atoms with van der Waals surface area (Å²) in [4.78, 5) is 4.94. The zero-order chi connectivity index (χ0) is 34.0. The molecule has 0 saturated heterocycles. The normalized spacial score (nSPS) is 14.2. The Labute approximate surface area is 301 Å². The Morgan fingerprint density at radius 1 is 0.308 bits per heavy atom. The molecule has 242 valence electrons. The highest BCUT2D eigenvalue weighted by molar-refractivity contribution is 6.23. The van der Waals surface area contributed by atoms with Gasteiger partial charge >= 0.3 is 0 Å². The molecular formula is C49H31N3. The Kier molecular flexibility index (Phi) is 5.43. The number of aromatic nitrogens is 1. The molecule has 0 atom stereocenters. The number of hydrogen-bond donors (Lipinski definition) is 0. The average Bonchev–Trinajstić information content (AvgIpc) is 3.73. The Morgan fingerprint density at radius 2 is 0.750 bits per heavy atom. The lowest BCUT2D eigenvalue weighted by atomic mass is 9.60. The van der Waals surface area contributed by atoms with E-state index in [1.165, 1.54) is 83.1 Å². The standard InChI is InChI=1S/C49H31N3/c1-2-15-32(16-3-1)50-43-25-10-5-20-38(43)49(39-21-6-11-26-44(39)50)40-22-7-12-27-45(40)51(46-28-13-8-23-41(46)49)33-29-30-35-37-19-14-18-36-34-17-4-9-24-42(34)52(48(36)37)47(35)31-33/h1-31H. The summed E-state index contributed by atoms with van der Waals surface area (Å²) in [6.45, 7) is 0. The summed E-state index contributed by atoms with van der Waals surface area (Å²) >= 11 is 0. The van der Waals surface area contributed by atoms with Gasteiger partial charge in [0.1, 0.15) is 0 Å². The van der Waals surface area contributed by atoms with Crippen LogP contribution in [0.1, 0.15) is 22.3 Å². The van der Waals surface area contributed by atoms with E-state index in [2.05, 4.69) is 202 Å². The van der Waals surface area contributed by atoms with E-state index in [1.807, 2.05) is 0 Å². The summed E-state index contributed by atoms with van der Waals surface area (Å²) in [7, 11) is 0. The van der Waals surface area contributed by atoms with Gasteiger partial charge in [0.05, 0.1) is 44.7 Å². The fourth-order valence-electron chi connectivity index (χ4n) is 9.76. The van der Waals surface area contributed by atoms with Crippen molar-refractivity contribution in [2.24, 2.45) is 0 Å². The number of rotatable bonds is 2. The minimum atomic E-state index is -0.544. The average molecular weight is 662 g/mol. The number of fused-ring (bicyclic) bond motifs is 14. The lowest BCUT2D eigenvalue weighted by Crippen LogP contribution is -2.41. The molecule has 0 bridgehead atoms. The van der Waals surface area contributed by atoms with Crippen LogP contribution in [0.5, 0.6) is 0 Å². The zero-order valence-corrected chi connectivity index (χ0v) is 28.2. The summed E-state index contributed by atoms with van der Waals surface area (Å²) in [5, 5.41) is 5.18. The molecule has 0 fully saturated rings. The molecule has 52 heavy (non-hydrogen) atoms. The summed E-state index contributed by atoms with van der Waals surface area (Å²) in [6.07, 6.45) is 0. The lowest BCUT2D eigenvalue weighted by Gasteiger charge is -2.51. The molecule has 3 heteroatoms. The fourth-order valence-corrected chi connectivity index (χ4v) is 9.76. The van der Waals surface area contributed by atoms with Crippen molar-refractivity contribution in [2.45, 2.75) is 5.41 Å². The first-order valence-electron chi connectivity index (χ1n) is 18.0. The SMILES string of the molecule is c1ccc(N2c3ccccc3C3(c4ccccc42)c2ccccc2N(c2ccc4c5cccc6c7ccccc7n(c4c2)c65)c2ccccc23)cc1. The van der Waals surface area contributed by atoms with Crippen molar-refractivity contribution in [2.75, 3.05) is 9.80 Å². The quantitative estimate of drug-likeness (QED) is 0.183. The monoisotopic (exact) mass is 661 g/mol. The molecule has 10 aromatic rings. The van der Waals surface area contributed by atoms with E-state index in [9.17, 15) is 0 Å². The van der Waals surface area contributed by atoms with Crippen molar-refractivity contribution in [3.63, 3.8) is 0 Å². The third-order valence-corrected chi connectivity index (χ3v) is 11.7. The van der Waals surface area contributed by atoms with Gasteiger partial charge < -0.3 is 14.2 Å². The van der Waals surface area contributed by atoms with Crippen molar-refractivity contribution in [3.8, 4) is 0 Å². The van der Waals surface area contributed by atoms with Crippen molar-refractivity contribution in [1.82, 2.24) is 4.40 Å². The van der Waals surface area contributed by atoms with Crippen LogP contribution in [0.25, 0.3) is 38.1 Å². The first kappa shape index (κ1) is 27.9. The highest BCUT2D eigenvalue weighted by atomic mass is 15.2. The molecule has 12 rings (SSSR count). The minimum Gasteiger partial charge on any atom is -0.310 e. The van der Waals surface area contributed by atoms with E-state index in [0.29, 0.717) is 0 Å². The maximum Gasteiger partial charge on any atom is 0.0782 e.